The topological polar surface area (TPSA) is 74.4 Å². The average Bonchev–Trinajstić information content (AvgIpc) is 3.14. The Balaban J connectivity index is 1.80. The SMILES string of the molecule is OCCN(c1cc2ccn(-c3ccccc3)c2cc1F)C(O)c1c(Cl)ncnc1Cl. The fraction of sp³-hybridized carbons (Fsp3) is 0.143. The van der Waals surface area contributed by atoms with Crippen molar-refractivity contribution in [1.29, 1.82) is 0 Å². The normalized spacial score (nSPS) is 12.3. The first-order valence-electron chi connectivity index (χ1n) is 9.08. The van der Waals surface area contributed by atoms with Gasteiger partial charge in [-0.15, -0.1) is 0 Å². The zero-order chi connectivity index (χ0) is 21.3. The summed E-state index contributed by atoms with van der Waals surface area (Å²) in [7, 11) is 0. The van der Waals surface area contributed by atoms with Gasteiger partial charge in [-0.05, 0) is 24.3 Å². The molecule has 0 fully saturated rings. The molecule has 154 valence electrons. The molecular weight excluding hydrogens is 430 g/mol. The molecule has 1 atom stereocenters. The minimum absolute atomic E-state index is 0.0376. The third-order valence-electron chi connectivity index (χ3n) is 4.78. The lowest BCUT2D eigenvalue weighted by molar-refractivity contribution is 0.160. The van der Waals surface area contributed by atoms with E-state index in [1.807, 2.05) is 47.2 Å². The van der Waals surface area contributed by atoms with Crippen molar-refractivity contribution in [2.75, 3.05) is 18.1 Å². The van der Waals surface area contributed by atoms with Gasteiger partial charge in [0.1, 0.15) is 22.5 Å². The van der Waals surface area contributed by atoms with Gasteiger partial charge >= 0.3 is 0 Å². The van der Waals surface area contributed by atoms with E-state index in [0.717, 1.165) is 17.4 Å². The first-order valence-corrected chi connectivity index (χ1v) is 9.84. The number of nitrogens with zero attached hydrogens (tertiary/aromatic N) is 4. The number of fused-ring (bicyclic) bond motifs is 1. The van der Waals surface area contributed by atoms with Crippen LogP contribution in [-0.4, -0.2) is 37.9 Å². The van der Waals surface area contributed by atoms with Crippen LogP contribution < -0.4 is 4.90 Å². The molecule has 0 amide bonds. The van der Waals surface area contributed by atoms with E-state index in [-0.39, 0.29) is 34.7 Å². The fourth-order valence-electron chi connectivity index (χ4n) is 3.38. The van der Waals surface area contributed by atoms with Gasteiger partial charge in [0.2, 0.25) is 0 Å². The van der Waals surface area contributed by atoms with Crippen LogP contribution in [0.25, 0.3) is 16.6 Å². The summed E-state index contributed by atoms with van der Waals surface area (Å²) in [6, 6.07) is 14.4. The molecule has 30 heavy (non-hydrogen) atoms. The standard InChI is InChI=1S/C21H17Cl2FN4O2/c22-19-18(20(23)26-12-25-19)21(30)28(8-9-29)17-10-13-6-7-27(16(13)11-15(17)24)14-4-2-1-3-5-14/h1-7,10-12,21,29-30H,8-9H2. The number of hydrogen-bond donors (Lipinski definition) is 2. The number of hydrogen-bond acceptors (Lipinski definition) is 5. The van der Waals surface area contributed by atoms with E-state index >= 15 is 4.39 Å². The maximum absolute atomic E-state index is 15.2. The van der Waals surface area contributed by atoms with Gasteiger partial charge in [0.05, 0.1) is 23.4 Å². The average molecular weight is 447 g/mol. The van der Waals surface area contributed by atoms with E-state index in [1.165, 1.54) is 11.0 Å². The van der Waals surface area contributed by atoms with Crippen molar-refractivity contribution in [3.8, 4) is 5.69 Å². The van der Waals surface area contributed by atoms with Crippen LogP contribution in [0.5, 0.6) is 0 Å². The summed E-state index contributed by atoms with van der Waals surface area (Å²) in [6.07, 6.45) is 1.55. The van der Waals surface area contributed by atoms with Crippen molar-refractivity contribution >= 4 is 39.8 Å². The van der Waals surface area contributed by atoms with E-state index in [2.05, 4.69) is 9.97 Å². The summed E-state index contributed by atoms with van der Waals surface area (Å²) in [5, 5.41) is 21.1. The molecule has 0 saturated heterocycles. The third-order valence-corrected chi connectivity index (χ3v) is 5.39. The van der Waals surface area contributed by atoms with Crippen molar-refractivity contribution in [2.45, 2.75) is 6.23 Å². The molecule has 2 aromatic carbocycles. The number of anilines is 1. The largest absolute Gasteiger partial charge is 0.395 e. The first-order chi connectivity index (χ1) is 14.5. The molecule has 2 N–H and O–H groups in total. The zero-order valence-corrected chi connectivity index (χ0v) is 17.1. The molecule has 4 rings (SSSR count). The van der Waals surface area contributed by atoms with Gasteiger partial charge in [0.15, 0.2) is 6.23 Å². The van der Waals surface area contributed by atoms with Crippen molar-refractivity contribution in [3.63, 3.8) is 0 Å². The number of rotatable bonds is 6. The highest BCUT2D eigenvalue weighted by molar-refractivity contribution is 6.34. The van der Waals surface area contributed by atoms with Crippen molar-refractivity contribution < 1.29 is 14.6 Å². The fourth-order valence-corrected chi connectivity index (χ4v) is 3.89. The second-order valence-corrected chi connectivity index (χ2v) is 7.26. The third kappa shape index (κ3) is 3.73. The van der Waals surface area contributed by atoms with Crippen molar-refractivity contribution in [3.05, 3.63) is 82.7 Å². The van der Waals surface area contributed by atoms with Crippen LogP contribution in [-0.2, 0) is 0 Å². The molecule has 0 aliphatic carbocycles. The van der Waals surface area contributed by atoms with Gasteiger partial charge in [0.25, 0.3) is 0 Å². The molecule has 9 heteroatoms. The smallest absolute Gasteiger partial charge is 0.159 e. The van der Waals surface area contributed by atoms with Crippen LogP contribution in [0.2, 0.25) is 10.3 Å². The van der Waals surface area contributed by atoms with Crippen LogP contribution in [0.1, 0.15) is 11.8 Å². The summed E-state index contributed by atoms with van der Waals surface area (Å²) >= 11 is 12.2. The zero-order valence-electron chi connectivity index (χ0n) is 15.6. The van der Waals surface area contributed by atoms with Crippen molar-refractivity contribution in [1.82, 2.24) is 14.5 Å². The Kier molecular flexibility index (Phi) is 5.87. The van der Waals surface area contributed by atoms with Crippen LogP contribution in [0.15, 0.2) is 61.1 Å². The first kappa shape index (κ1) is 20.6. The second-order valence-electron chi connectivity index (χ2n) is 6.54. The molecule has 0 bridgehead atoms. The lowest BCUT2D eigenvalue weighted by atomic mass is 10.1. The molecule has 1 unspecified atom stereocenters. The van der Waals surface area contributed by atoms with E-state index in [0.29, 0.717) is 5.52 Å². The Bertz CT molecular complexity index is 1170. The molecule has 6 nitrogen and oxygen atoms in total. The predicted molar refractivity (Wildman–Crippen MR) is 115 cm³/mol. The number of aliphatic hydroxyl groups excluding tert-OH is 2. The second kappa shape index (κ2) is 8.57. The van der Waals surface area contributed by atoms with Crippen LogP contribution in [0.3, 0.4) is 0 Å². The number of halogens is 3. The highest BCUT2D eigenvalue weighted by Gasteiger charge is 2.27. The van der Waals surface area contributed by atoms with Gasteiger partial charge < -0.3 is 19.7 Å². The number of aromatic nitrogens is 3. The molecule has 0 aliphatic rings. The molecule has 2 aromatic heterocycles. The molecule has 0 aliphatic heterocycles. The maximum Gasteiger partial charge on any atom is 0.159 e. The van der Waals surface area contributed by atoms with E-state index in [1.54, 1.807) is 6.07 Å². The molecule has 4 aromatic rings. The van der Waals surface area contributed by atoms with Crippen molar-refractivity contribution in [2.24, 2.45) is 0 Å². The number of benzene rings is 2. The minimum atomic E-state index is -1.46. The van der Waals surface area contributed by atoms with Gasteiger partial charge in [0, 0.05) is 29.9 Å². The van der Waals surface area contributed by atoms with Crippen LogP contribution in [0, 0.1) is 5.82 Å². The van der Waals surface area contributed by atoms with Gasteiger partial charge in [-0.3, -0.25) is 0 Å². The highest BCUT2D eigenvalue weighted by atomic mass is 35.5. The number of para-hydroxylation sites is 1. The van der Waals surface area contributed by atoms with Gasteiger partial charge in [-0.1, -0.05) is 41.4 Å². The van der Waals surface area contributed by atoms with E-state index in [4.69, 9.17) is 23.2 Å². The van der Waals surface area contributed by atoms with E-state index in [9.17, 15) is 10.2 Å². The lowest BCUT2D eigenvalue weighted by Gasteiger charge is -2.30. The number of aliphatic hydroxyl groups is 2. The molecule has 0 spiro atoms. The molecular formula is C21H17Cl2FN4O2. The molecule has 0 saturated carbocycles. The summed E-state index contributed by atoms with van der Waals surface area (Å²) in [6.45, 7) is -0.396. The summed E-state index contributed by atoms with van der Waals surface area (Å²) < 4.78 is 17.1. The Labute approximate surface area is 181 Å². The maximum atomic E-state index is 15.2. The summed E-state index contributed by atoms with van der Waals surface area (Å²) in [5.74, 6) is -0.574. The predicted octanol–water partition coefficient (Wildman–Crippen LogP) is 4.36. The Morgan fingerprint density at radius 3 is 2.43 bits per heavy atom. The van der Waals surface area contributed by atoms with Gasteiger partial charge in [-0.2, -0.15) is 0 Å². The van der Waals surface area contributed by atoms with Crippen LogP contribution in [0.4, 0.5) is 10.1 Å². The Hall–Kier alpha value is -2.71. The highest BCUT2D eigenvalue weighted by Crippen LogP contribution is 2.35. The summed E-state index contributed by atoms with van der Waals surface area (Å²) in [4.78, 5) is 8.93. The Morgan fingerprint density at radius 2 is 1.77 bits per heavy atom. The summed E-state index contributed by atoms with van der Waals surface area (Å²) in [5.41, 5.74) is 1.69. The quantitative estimate of drug-likeness (QED) is 0.340. The molecule has 0 radical (unpaired) electrons. The molecule has 2 heterocycles. The Morgan fingerprint density at radius 1 is 1.07 bits per heavy atom. The van der Waals surface area contributed by atoms with Gasteiger partial charge in [-0.25, -0.2) is 14.4 Å². The monoisotopic (exact) mass is 446 g/mol. The lowest BCUT2D eigenvalue weighted by Crippen LogP contribution is -2.32. The van der Waals surface area contributed by atoms with Crippen LogP contribution >= 0.6 is 23.2 Å². The van der Waals surface area contributed by atoms with E-state index < -0.39 is 12.0 Å². The minimum Gasteiger partial charge on any atom is -0.395 e.